The van der Waals surface area contributed by atoms with E-state index in [1.54, 1.807) is 47.3 Å². The quantitative estimate of drug-likeness (QED) is 0.288. The van der Waals surface area contributed by atoms with E-state index in [0.29, 0.717) is 23.0 Å². The number of benzene rings is 2. The average molecular weight is 544 g/mol. The normalized spacial score (nSPS) is 23.2. The summed E-state index contributed by atoms with van der Waals surface area (Å²) in [5.74, 6) is -0.928. The lowest BCUT2D eigenvalue weighted by Crippen LogP contribution is -2.41. The first kappa shape index (κ1) is 24.6. The highest BCUT2D eigenvalue weighted by molar-refractivity contribution is 7.22. The molecule has 1 N–H and O–H groups in total. The fourth-order valence-corrected chi connectivity index (χ4v) is 7.48. The van der Waals surface area contributed by atoms with Gasteiger partial charge < -0.3 is 5.11 Å². The topological polar surface area (TPSA) is 75.4 Å². The number of nitrogens with zero attached hydrogens (tertiary/aromatic N) is 3. The van der Waals surface area contributed by atoms with Crippen molar-refractivity contribution in [3.8, 4) is 16.3 Å². The number of phenolic OH excluding ortho intramolecular Hbond substituents is 1. The van der Waals surface area contributed by atoms with Crippen molar-refractivity contribution in [3.05, 3.63) is 89.0 Å². The lowest BCUT2D eigenvalue weighted by Gasteiger charge is -2.40. The zero-order chi connectivity index (χ0) is 26.9. The third-order valence-electron chi connectivity index (χ3n) is 8.08. The van der Waals surface area contributed by atoms with Gasteiger partial charge in [-0.3, -0.25) is 14.3 Å². The van der Waals surface area contributed by atoms with E-state index in [1.165, 1.54) is 4.90 Å². The van der Waals surface area contributed by atoms with Gasteiger partial charge in [0.15, 0.2) is 0 Å². The van der Waals surface area contributed by atoms with Crippen LogP contribution in [0.25, 0.3) is 20.7 Å². The number of carbonyl (C=O) groups is 2. The van der Waals surface area contributed by atoms with Crippen molar-refractivity contribution in [1.82, 2.24) is 9.78 Å². The molecular formula is C30H26ClN3O3S. The second-order valence-electron chi connectivity index (χ2n) is 10.2. The maximum atomic E-state index is 14.3. The molecule has 0 spiro atoms. The zero-order valence-electron chi connectivity index (χ0n) is 21.2. The molecule has 2 aromatic heterocycles. The van der Waals surface area contributed by atoms with Crippen LogP contribution >= 0.6 is 22.9 Å². The molecule has 6 rings (SSSR count). The summed E-state index contributed by atoms with van der Waals surface area (Å²) < 4.78 is 2.70. The van der Waals surface area contributed by atoms with Crippen LogP contribution in [0.15, 0.2) is 72.8 Å². The minimum atomic E-state index is -1.04. The predicted molar refractivity (Wildman–Crippen MR) is 152 cm³/mol. The molecule has 1 aliphatic carbocycles. The van der Waals surface area contributed by atoms with Gasteiger partial charge in [0.25, 0.3) is 0 Å². The van der Waals surface area contributed by atoms with Crippen molar-refractivity contribution in [1.29, 1.82) is 0 Å². The van der Waals surface area contributed by atoms with E-state index < -0.39 is 17.3 Å². The van der Waals surface area contributed by atoms with Crippen molar-refractivity contribution in [2.24, 2.45) is 18.4 Å². The van der Waals surface area contributed by atoms with Gasteiger partial charge in [-0.15, -0.1) is 11.3 Å². The SMILES string of the molecule is C=CC1=CCC2C(=O)N(c3cc(-c4sc5ccc(Cl)cc5c4C)nn3C)C(=O)C2(C)C1c1cccc(O)c1. The summed E-state index contributed by atoms with van der Waals surface area (Å²) in [5.41, 5.74) is 2.37. The number of imide groups is 1. The van der Waals surface area contributed by atoms with Gasteiger partial charge in [-0.05, 0) is 72.7 Å². The molecule has 3 unspecified atom stereocenters. The molecule has 1 aliphatic heterocycles. The highest BCUT2D eigenvalue weighted by Gasteiger charge is 2.62. The summed E-state index contributed by atoms with van der Waals surface area (Å²) >= 11 is 7.84. The maximum Gasteiger partial charge on any atom is 0.242 e. The smallest absolute Gasteiger partial charge is 0.242 e. The average Bonchev–Trinajstić information content (AvgIpc) is 3.48. The number of anilines is 1. The number of allylic oxidation sites excluding steroid dienone is 3. The van der Waals surface area contributed by atoms with Gasteiger partial charge in [-0.2, -0.15) is 5.10 Å². The van der Waals surface area contributed by atoms with Crippen LogP contribution in [0.4, 0.5) is 5.82 Å². The standard InChI is InChI=1S/C30H26ClN3O3S/c1-5-17-9-11-22-28(36)34(29(37)30(22,3)26(17)18-7-6-8-20(35)13-18)25-15-23(32-33(25)4)27-16(2)21-14-19(31)10-12-24(21)38-27/h5-10,12-15,22,26,35H,1,11H2,2-4H3. The van der Waals surface area contributed by atoms with Gasteiger partial charge in [-0.1, -0.05) is 42.5 Å². The Morgan fingerprint density at radius 1 is 1.21 bits per heavy atom. The Balaban J connectivity index is 1.45. The highest BCUT2D eigenvalue weighted by atomic mass is 35.5. The van der Waals surface area contributed by atoms with Crippen LogP contribution in [0.3, 0.4) is 0 Å². The van der Waals surface area contributed by atoms with Gasteiger partial charge in [0, 0.05) is 28.8 Å². The lowest BCUT2D eigenvalue weighted by atomic mass is 9.60. The van der Waals surface area contributed by atoms with Crippen LogP contribution in [0, 0.1) is 18.3 Å². The number of hydrogen-bond acceptors (Lipinski definition) is 5. The molecule has 2 aliphatic rings. The molecule has 3 heterocycles. The van der Waals surface area contributed by atoms with Crippen LogP contribution in [0.2, 0.25) is 5.02 Å². The molecule has 38 heavy (non-hydrogen) atoms. The van der Waals surface area contributed by atoms with Crippen LogP contribution in [-0.4, -0.2) is 26.7 Å². The first-order valence-electron chi connectivity index (χ1n) is 12.4. The number of aromatic nitrogens is 2. The van der Waals surface area contributed by atoms with Gasteiger partial charge in [0.05, 0.1) is 16.2 Å². The Hall–Kier alpha value is -3.68. The monoisotopic (exact) mass is 543 g/mol. The van der Waals surface area contributed by atoms with Crippen molar-refractivity contribution >= 4 is 50.7 Å². The molecule has 2 aromatic carbocycles. The number of aromatic hydroxyl groups is 1. The van der Waals surface area contributed by atoms with E-state index in [1.807, 2.05) is 50.3 Å². The molecule has 1 saturated heterocycles. The number of thiophene rings is 1. The van der Waals surface area contributed by atoms with Gasteiger partial charge in [0.1, 0.15) is 17.3 Å². The summed E-state index contributed by atoms with van der Waals surface area (Å²) in [6.45, 7) is 7.86. The summed E-state index contributed by atoms with van der Waals surface area (Å²) in [5, 5.41) is 16.6. The lowest BCUT2D eigenvalue weighted by molar-refractivity contribution is -0.127. The number of rotatable bonds is 4. The number of aryl methyl sites for hydroxylation is 2. The van der Waals surface area contributed by atoms with Crippen LogP contribution in [0.5, 0.6) is 5.75 Å². The first-order chi connectivity index (χ1) is 18.1. The fourth-order valence-electron chi connectivity index (χ4n) is 6.17. The van der Waals surface area contributed by atoms with E-state index in [-0.39, 0.29) is 17.6 Å². The van der Waals surface area contributed by atoms with Gasteiger partial charge in [-0.25, -0.2) is 4.90 Å². The number of hydrogen-bond donors (Lipinski definition) is 1. The van der Waals surface area contributed by atoms with Crippen molar-refractivity contribution in [2.45, 2.75) is 26.2 Å². The molecule has 4 aromatic rings. The molecule has 0 radical (unpaired) electrons. The number of amides is 2. The Labute approximate surface area is 229 Å². The number of phenols is 1. The Morgan fingerprint density at radius 2 is 2.00 bits per heavy atom. The summed E-state index contributed by atoms with van der Waals surface area (Å²) in [4.78, 5) is 30.4. The minimum absolute atomic E-state index is 0.113. The Kier molecular flexibility index (Phi) is 5.63. The van der Waals surface area contributed by atoms with Crippen molar-refractivity contribution < 1.29 is 14.7 Å². The molecule has 0 saturated carbocycles. The Bertz CT molecular complexity index is 1700. The molecule has 0 bridgehead atoms. The van der Waals surface area contributed by atoms with Gasteiger partial charge >= 0.3 is 0 Å². The minimum Gasteiger partial charge on any atom is -0.508 e. The van der Waals surface area contributed by atoms with Crippen molar-refractivity contribution in [2.75, 3.05) is 4.90 Å². The Morgan fingerprint density at radius 3 is 2.74 bits per heavy atom. The first-order valence-corrected chi connectivity index (χ1v) is 13.6. The summed E-state index contributed by atoms with van der Waals surface area (Å²) in [7, 11) is 1.75. The van der Waals surface area contributed by atoms with Crippen LogP contribution in [0.1, 0.15) is 30.4 Å². The molecule has 6 nitrogen and oxygen atoms in total. The second-order valence-corrected chi connectivity index (χ2v) is 11.7. The number of carbonyl (C=O) groups excluding carboxylic acids is 2. The van der Waals surface area contributed by atoms with E-state index in [2.05, 4.69) is 6.58 Å². The highest BCUT2D eigenvalue weighted by Crippen LogP contribution is 2.57. The molecular weight excluding hydrogens is 518 g/mol. The largest absolute Gasteiger partial charge is 0.508 e. The molecule has 3 atom stereocenters. The molecule has 1 fully saturated rings. The summed E-state index contributed by atoms with van der Waals surface area (Å²) in [6, 6.07) is 14.5. The number of halogens is 1. The third-order valence-corrected chi connectivity index (χ3v) is 9.61. The molecule has 2 amide bonds. The summed E-state index contributed by atoms with van der Waals surface area (Å²) in [6.07, 6.45) is 4.17. The van der Waals surface area contributed by atoms with Crippen molar-refractivity contribution in [3.63, 3.8) is 0 Å². The van der Waals surface area contributed by atoms with E-state index in [4.69, 9.17) is 16.7 Å². The number of fused-ring (bicyclic) bond motifs is 2. The van der Waals surface area contributed by atoms with Crippen LogP contribution < -0.4 is 4.90 Å². The van der Waals surface area contributed by atoms with Gasteiger partial charge in [0.2, 0.25) is 11.8 Å². The van der Waals surface area contributed by atoms with E-state index in [0.717, 1.165) is 31.7 Å². The van der Waals surface area contributed by atoms with E-state index in [9.17, 15) is 14.7 Å². The zero-order valence-corrected chi connectivity index (χ0v) is 22.8. The van der Waals surface area contributed by atoms with E-state index >= 15 is 0 Å². The predicted octanol–water partition coefficient (Wildman–Crippen LogP) is 6.76. The second kappa shape index (κ2) is 8.68. The molecule has 8 heteroatoms. The molecule has 192 valence electrons. The third kappa shape index (κ3) is 3.42. The maximum absolute atomic E-state index is 14.3. The fraction of sp³-hybridized carbons (Fsp3) is 0.233. The van der Waals surface area contributed by atoms with Crippen LogP contribution in [-0.2, 0) is 16.6 Å².